The first kappa shape index (κ1) is 21.2. The predicted octanol–water partition coefficient (Wildman–Crippen LogP) is 2.18. The van der Waals surface area contributed by atoms with Crippen molar-refractivity contribution in [1.82, 2.24) is 15.2 Å². The van der Waals surface area contributed by atoms with Crippen LogP contribution in [0, 0.1) is 0 Å². The molecule has 0 atom stereocenters. The Labute approximate surface area is 166 Å². The molecule has 1 fully saturated rings. The Balaban J connectivity index is 0.00000261. The van der Waals surface area contributed by atoms with Crippen molar-refractivity contribution in [3.63, 3.8) is 0 Å². The van der Waals surface area contributed by atoms with Crippen molar-refractivity contribution in [1.29, 1.82) is 0 Å². The molecule has 0 bridgehead atoms. The molecule has 7 heteroatoms. The Morgan fingerprint density at radius 1 is 1.15 bits per heavy atom. The molecule has 1 aliphatic rings. The summed E-state index contributed by atoms with van der Waals surface area (Å²) in [5.41, 5.74) is 4.48. The van der Waals surface area contributed by atoms with Gasteiger partial charge in [0.2, 0.25) is 6.41 Å². The first-order valence-corrected chi connectivity index (χ1v) is 8.99. The number of pyridine rings is 1. The summed E-state index contributed by atoms with van der Waals surface area (Å²) in [6.07, 6.45) is 2.61. The van der Waals surface area contributed by atoms with Crippen LogP contribution in [0.5, 0.6) is 0 Å². The van der Waals surface area contributed by atoms with Gasteiger partial charge in [0.15, 0.2) is 0 Å². The second-order valence-corrected chi connectivity index (χ2v) is 6.40. The number of aromatic nitrogens is 1. The maximum Gasteiger partial charge on any atom is 0.207 e. The Kier molecular flexibility index (Phi) is 8.51. The first-order chi connectivity index (χ1) is 12.8. The Morgan fingerprint density at radius 3 is 2.56 bits per heavy atom. The van der Waals surface area contributed by atoms with E-state index in [2.05, 4.69) is 50.4 Å². The van der Waals surface area contributed by atoms with Gasteiger partial charge in [-0.2, -0.15) is 0 Å². The molecule has 27 heavy (non-hydrogen) atoms. The number of anilines is 1. The summed E-state index contributed by atoms with van der Waals surface area (Å²) in [7, 11) is 1.71. The topological polar surface area (TPSA) is 57.7 Å². The number of rotatable bonds is 8. The summed E-state index contributed by atoms with van der Waals surface area (Å²) in [6.45, 7) is 6.12. The maximum absolute atomic E-state index is 10.4. The maximum atomic E-state index is 10.4. The van der Waals surface area contributed by atoms with E-state index < -0.39 is 0 Å². The van der Waals surface area contributed by atoms with E-state index in [0.717, 1.165) is 56.0 Å². The number of ether oxygens (including phenoxy) is 1. The highest BCUT2D eigenvalue weighted by atomic mass is 35.5. The van der Waals surface area contributed by atoms with Crippen LogP contribution in [0.15, 0.2) is 42.6 Å². The lowest BCUT2D eigenvalue weighted by Crippen LogP contribution is -2.48. The molecule has 1 N–H and O–H groups in total. The van der Waals surface area contributed by atoms with Crippen molar-refractivity contribution in [3.8, 4) is 11.3 Å². The molecule has 1 aromatic carbocycles. The number of halogens is 1. The molecule has 0 radical (unpaired) electrons. The average molecular weight is 391 g/mol. The van der Waals surface area contributed by atoms with Gasteiger partial charge in [0.25, 0.3) is 0 Å². The molecular formula is C20H27ClN4O2. The van der Waals surface area contributed by atoms with Crippen LogP contribution in [0.25, 0.3) is 11.3 Å². The summed E-state index contributed by atoms with van der Waals surface area (Å²) in [5.74, 6) is 0. The molecule has 2 aromatic rings. The highest BCUT2D eigenvalue weighted by molar-refractivity contribution is 5.85. The van der Waals surface area contributed by atoms with E-state index in [1.165, 1.54) is 5.69 Å². The number of nitrogens with one attached hydrogen (secondary N) is 1. The van der Waals surface area contributed by atoms with E-state index in [0.29, 0.717) is 13.2 Å². The van der Waals surface area contributed by atoms with Gasteiger partial charge in [-0.25, -0.2) is 0 Å². The number of piperazine rings is 1. The first-order valence-electron chi connectivity index (χ1n) is 8.99. The molecule has 0 saturated carbocycles. The molecule has 146 valence electrons. The van der Waals surface area contributed by atoms with Crippen molar-refractivity contribution in [2.75, 3.05) is 51.3 Å². The van der Waals surface area contributed by atoms with Gasteiger partial charge in [-0.1, -0.05) is 24.3 Å². The summed E-state index contributed by atoms with van der Waals surface area (Å²) in [4.78, 5) is 19.8. The van der Waals surface area contributed by atoms with Crippen LogP contribution in [0.2, 0.25) is 0 Å². The summed E-state index contributed by atoms with van der Waals surface area (Å²) >= 11 is 0. The summed E-state index contributed by atoms with van der Waals surface area (Å²) < 4.78 is 5.19. The zero-order valence-electron chi connectivity index (χ0n) is 15.6. The van der Waals surface area contributed by atoms with Crippen LogP contribution in [-0.2, 0) is 16.1 Å². The van der Waals surface area contributed by atoms with Crippen molar-refractivity contribution in [3.05, 3.63) is 48.2 Å². The number of hydrogen-bond donors (Lipinski definition) is 1. The zero-order chi connectivity index (χ0) is 18.2. The Morgan fingerprint density at radius 2 is 1.89 bits per heavy atom. The SMILES string of the molecule is COCc1ccc(-c2ncccc2N2CCN(CCNC=O)CC2)cc1.Cl. The Hall–Kier alpha value is -2.15. The molecular weight excluding hydrogens is 364 g/mol. The number of benzene rings is 1. The van der Waals surface area contributed by atoms with Gasteiger partial charge in [-0.15, -0.1) is 12.4 Å². The van der Waals surface area contributed by atoms with Gasteiger partial charge < -0.3 is 15.0 Å². The third-order valence-corrected chi connectivity index (χ3v) is 4.69. The zero-order valence-corrected chi connectivity index (χ0v) is 16.5. The number of amides is 1. The molecule has 1 aliphatic heterocycles. The smallest absolute Gasteiger partial charge is 0.207 e. The quantitative estimate of drug-likeness (QED) is 0.553. The minimum atomic E-state index is 0. The molecule has 1 saturated heterocycles. The minimum absolute atomic E-state index is 0. The van der Waals surface area contributed by atoms with E-state index in [-0.39, 0.29) is 12.4 Å². The predicted molar refractivity (Wildman–Crippen MR) is 110 cm³/mol. The number of carbonyl (C=O) groups is 1. The lowest BCUT2D eigenvalue weighted by molar-refractivity contribution is -0.109. The normalized spacial score (nSPS) is 14.5. The van der Waals surface area contributed by atoms with Crippen LogP contribution < -0.4 is 10.2 Å². The van der Waals surface area contributed by atoms with Gasteiger partial charge in [-0.3, -0.25) is 14.7 Å². The Bertz CT molecular complexity index is 703. The average Bonchev–Trinajstić information content (AvgIpc) is 2.70. The van der Waals surface area contributed by atoms with E-state index >= 15 is 0 Å². The molecule has 0 unspecified atom stereocenters. The number of nitrogens with zero attached hydrogens (tertiary/aromatic N) is 3. The van der Waals surface area contributed by atoms with Gasteiger partial charge >= 0.3 is 0 Å². The van der Waals surface area contributed by atoms with Gasteiger partial charge in [0, 0.05) is 58.1 Å². The van der Waals surface area contributed by atoms with E-state index in [1.807, 2.05) is 12.3 Å². The standard InChI is InChI=1S/C20H26N4O2.ClH/c1-26-15-17-4-6-18(7-5-17)20-19(3-2-8-22-20)24-13-11-23(12-14-24)10-9-21-16-25;/h2-8,16H,9-15H2,1H3,(H,21,25);1H. The fraction of sp³-hybridized carbons (Fsp3) is 0.400. The second-order valence-electron chi connectivity index (χ2n) is 6.40. The third kappa shape index (κ3) is 5.66. The fourth-order valence-electron chi connectivity index (χ4n) is 3.29. The van der Waals surface area contributed by atoms with E-state index in [1.54, 1.807) is 7.11 Å². The van der Waals surface area contributed by atoms with Crippen LogP contribution >= 0.6 is 12.4 Å². The van der Waals surface area contributed by atoms with E-state index in [9.17, 15) is 4.79 Å². The summed E-state index contributed by atoms with van der Waals surface area (Å²) in [5, 5.41) is 2.73. The molecule has 6 nitrogen and oxygen atoms in total. The molecule has 1 amide bonds. The molecule has 0 spiro atoms. The monoisotopic (exact) mass is 390 g/mol. The van der Waals surface area contributed by atoms with Crippen LogP contribution in [0.4, 0.5) is 5.69 Å². The van der Waals surface area contributed by atoms with E-state index in [4.69, 9.17) is 4.74 Å². The van der Waals surface area contributed by atoms with Crippen molar-refractivity contribution < 1.29 is 9.53 Å². The van der Waals surface area contributed by atoms with Gasteiger partial charge in [-0.05, 0) is 17.7 Å². The van der Waals surface area contributed by atoms with Crippen LogP contribution in [-0.4, -0.2) is 62.7 Å². The van der Waals surface area contributed by atoms with Crippen LogP contribution in [0.3, 0.4) is 0 Å². The van der Waals surface area contributed by atoms with Gasteiger partial charge in [0.05, 0.1) is 18.0 Å². The lowest BCUT2D eigenvalue weighted by Gasteiger charge is -2.36. The summed E-state index contributed by atoms with van der Waals surface area (Å²) in [6, 6.07) is 12.6. The van der Waals surface area contributed by atoms with Crippen molar-refractivity contribution in [2.45, 2.75) is 6.61 Å². The largest absolute Gasteiger partial charge is 0.380 e. The molecule has 1 aromatic heterocycles. The van der Waals surface area contributed by atoms with Crippen molar-refractivity contribution >= 4 is 24.5 Å². The highest BCUT2D eigenvalue weighted by Gasteiger charge is 2.19. The number of methoxy groups -OCH3 is 1. The highest BCUT2D eigenvalue weighted by Crippen LogP contribution is 2.29. The fourth-order valence-corrected chi connectivity index (χ4v) is 3.29. The third-order valence-electron chi connectivity index (χ3n) is 4.69. The minimum Gasteiger partial charge on any atom is -0.380 e. The molecule has 2 heterocycles. The molecule has 3 rings (SSSR count). The van der Waals surface area contributed by atoms with Gasteiger partial charge in [0.1, 0.15) is 0 Å². The lowest BCUT2D eigenvalue weighted by atomic mass is 10.1. The van der Waals surface area contributed by atoms with Crippen LogP contribution in [0.1, 0.15) is 5.56 Å². The number of carbonyl (C=O) groups excluding carboxylic acids is 1. The second kappa shape index (κ2) is 10.9. The molecule has 0 aliphatic carbocycles. The number of hydrogen-bond acceptors (Lipinski definition) is 5. The van der Waals surface area contributed by atoms with Crippen molar-refractivity contribution in [2.24, 2.45) is 0 Å².